The van der Waals surface area contributed by atoms with E-state index in [1.165, 1.54) is 30.4 Å². The Morgan fingerprint density at radius 1 is 1.07 bits per heavy atom. The molecule has 0 heterocycles. The highest BCUT2D eigenvalue weighted by atomic mass is 16.5. The van der Waals surface area contributed by atoms with Crippen molar-refractivity contribution in [3.05, 3.63) is 29.3 Å². The topological polar surface area (TPSA) is 9.23 Å². The summed E-state index contributed by atoms with van der Waals surface area (Å²) in [7, 11) is 1.78. The second-order valence-electron chi connectivity index (χ2n) is 3.92. The van der Waals surface area contributed by atoms with Gasteiger partial charge in [0, 0.05) is 0 Å². The van der Waals surface area contributed by atoms with E-state index < -0.39 is 0 Å². The van der Waals surface area contributed by atoms with Crippen LogP contribution in [-0.4, -0.2) is 7.11 Å². The fourth-order valence-corrected chi connectivity index (χ4v) is 1.94. The Morgan fingerprint density at radius 3 is 2.40 bits per heavy atom. The zero-order valence-corrected chi connectivity index (χ0v) is 10.2. The van der Waals surface area contributed by atoms with Crippen molar-refractivity contribution in [3.63, 3.8) is 0 Å². The molecule has 0 aliphatic carbocycles. The first-order valence-electron chi connectivity index (χ1n) is 5.98. The number of aryl methyl sites for hydroxylation is 2. The smallest absolute Gasteiger partial charge is 0.125 e. The lowest BCUT2D eigenvalue weighted by molar-refractivity contribution is 0.404. The van der Waals surface area contributed by atoms with Gasteiger partial charge in [-0.15, -0.1) is 0 Å². The SMILES string of the molecule is CCCCCc1cccc(CC)c1OC. The first kappa shape index (κ1) is 12.1. The van der Waals surface area contributed by atoms with Crippen molar-refractivity contribution in [2.75, 3.05) is 7.11 Å². The molecule has 0 N–H and O–H groups in total. The molecule has 0 amide bonds. The van der Waals surface area contributed by atoms with E-state index in [2.05, 4.69) is 32.0 Å². The van der Waals surface area contributed by atoms with Crippen LogP contribution in [0.3, 0.4) is 0 Å². The van der Waals surface area contributed by atoms with Crippen molar-refractivity contribution in [2.45, 2.75) is 46.0 Å². The number of unbranched alkanes of at least 4 members (excludes halogenated alkanes) is 2. The maximum absolute atomic E-state index is 5.50. The van der Waals surface area contributed by atoms with Crippen molar-refractivity contribution in [3.8, 4) is 5.75 Å². The lowest BCUT2D eigenvalue weighted by atomic mass is 10.0. The van der Waals surface area contributed by atoms with Crippen molar-refractivity contribution in [2.24, 2.45) is 0 Å². The molecule has 0 spiro atoms. The second kappa shape index (κ2) is 6.49. The van der Waals surface area contributed by atoms with Gasteiger partial charge in [-0.3, -0.25) is 0 Å². The number of benzene rings is 1. The fraction of sp³-hybridized carbons (Fsp3) is 0.571. The van der Waals surface area contributed by atoms with Gasteiger partial charge in [-0.05, 0) is 30.4 Å². The van der Waals surface area contributed by atoms with Crippen LogP contribution >= 0.6 is 0 Å². The van der Waals surface area contributed by atoms with E-state index in [1.807, 2.05) is 0 Å². The van der Waals surface area contributed by atoms with Gasteiger partial charge in [-0.1, -0.05) is 44.9 Å². The molecule has 0 fully saturated rings. The zero-order chi connectivity index (χ0) is 11.1. The number of para-hydroxylation sites is 1. The van der Waals surface area contributed by atoms with Crippen LogP contribution in [0.25, 0.3) is 0 Å². The molecule has 0 aliphatic rings. The van der Waals surface area contributed by atoms with E-state index in [-0.39, 0.29) is 0 Å². The van der Waals surface area contributed by atoms with E-state index in [0.29, 0.717) is 0 Å². The van der Waals surface area contributed by atoms with Crippen LogP contribution in [0.4, 0.5) is 0 Å². The van der Waals surface area contributed by atoms with Crippen molar-refractivity contribution in [1.82, 2.24) is 0 Å². The summed E-state index contributed by atoms with van der Waals surface area (Å²) >= 11 is 0. The molecule has 0 atom stereocenters. The lowest BCUT2D eigenvalue weighted by Crippen LogP contribution is -1.96. The summed E-state index contributed by atoms with van der Waals surface area (Å²) in [5, 5.41) is 0. The third kappa shape index (κ3) is 3.26. The standard InChI is InChI=1S/C14H22O/c1-4-6-7-9-13-11-8-10-12(5-2)14(13)15-3/h8,10-11H,4-7,9H2,1-3H3. The third-order valence-corrected chi connectivity index (χ3v) is 2.81. The van der Waals surface area contributed by atoms with Crippen LogP contribution in [0.15, 0.2) is 18.2 Å². The Bertz CT molecular complexity index is 291. The molecule has 1 rings (SSSR count). The van der Waals surface area contributed by atoms with Crippen LogP contribution in [0.2, 0.25) is 0 Å². The summed E-state index contributed by atoms with van der Waals surface area (Å²) in [6, 6.07) is 6.48. The van der Waals surface area contributed by atoms with Crippen LogP contribution < -0.4 is 4.74 Å². The summed E-state index contributed by atoms with van der Waals surface area (Å²) in [6.45, 7) is 4.41. The highest BCUT2D eigenvalue weighted by molar-refractivity contribution is 5.41. The minimum atomic E-state index is 1.05. The van der Waals surface area contributed by atoms with Gasteiger partial charge in [0.15, 0.2) is 0 Å². The molecule has 0 radical (unpaired) electrons. The predicted molar refractivity (Wildman–Crippen MR) is 65.6 cm³/mol. The van der Waals surface area contributed by atoms with Gasteiger partial charge in [0.2, 0.25) is 0 Å². The largest absolute Gasteiger partial charge is 0.496 e. The third-order valence-electron chi connectivity index (χ3n) is 2.81. The van der Waals surface area contributed by atoms with Gasteiger partial charge in [0.05, 0.1) is 7.11 Å². The second-order valence-corrected chi connectivity index (χ2v) is 3.92. The molecule has 1 heteroatoms. The van der Waals surface area contributed by atoms with Gasteiger partial charge in [-0.2, -0.15) is 0 Å². The molecular weight excluding hydrogens is 184 g/mol. The molecule has 0 aliphatic heterocycles. The number of methoxy groups -OCH3 is 1. The van der Waals surface area contributed by atoms with E-state index >= 15 is 0 Å². The van der Waals surface area contributed by atoms with E-state index in [0.717, 1.165) is 18.6 Å². The summed E-state index contributed by atoms with van der Waals surface area (Å²) in [5.74, 6) is 1.11. The Hall–Kier alpha value is -0.980. The van der Waals surface area contributed by atoms with Crippen LogP contribution in [0.5, 0.6) is 5.75 Å². The number of ether oxygens (including phenoxy) is 1. The Labute approximate surface area is 93.5 Å². The molecule has 15 heavy (non-hydrogen) atoms. The van der Waals surface area contributed by atoms with E-state index in [4.69, 9.17) is 4.74 Å². The Balaban J connectivity index is 2.76. The minimum absolute atomic E-state index is 1.05. The molecule has 0 saturated heterocycles. The fourth-order valence-electron chi connectivity index (χ4n) is 1.94. The van der Waals surface area contributed by atoms with Crippen LogP contribution in [0.1, 0.15) is 44.2 Å². The molecular formula is C14H22O. The number of hydrogen-bond acceptors (Lipinski definition) is 1. The van der Waals surface area contributed by atoms with Crippen molar-refractivity contribution in [1.29, 1.82) is 0 Å². The quantitative estimate of drug-likeness (QED) is 0.639. The molecule has 0 bridgehead atoms. The Morgan fingerprint density at radius 2 is 1.80 bits per heavy atom. The summed E-state index contributed by atoms with van der Waals surface area (Å²) in [5.41, 5.74) is 2.69. The first-order chi connectivity index (χ1) is 7.33. The van der Waals surface area contributed by atoms with Crippen LogP contribution in [0, 0.1) is 0 Å². The maximum Gasteiger partial charge on any atom is 0.125 e. The summed E-state index contributed by atoms with van der Waals surface area (Å²) < 4.78 is 5.50. The normalized spacial score (nSPS) is 10.3. The van der Waals surface area contributed by atoms with Gasteiger partial charge >= 0.3 is 0 Å². The Kier molecular flexibility index (Phi) is 5.23. The van der Waals surface area contributed by atoms with Crippen molar-refractivity contribution >= 4 is 0 Å². The number of rotatable bonds is 6. The van der Waals surface area contributed by atoms with Crippen molar-refractivity contribution < 1.29 is 4.74 Å². The molecule has 0 aromatic heterocycles. The lowest BCUT2D eigenvalue weighted by Gasteiger charge is -2.12. The average molecular weight is 206 g/mol. The average Bonchev–Trinajstić information content (AvgIpc) is 2.29. The zero-order valence-electron chi connectivity index (χ0n) is 10.2. The van der Waals surface area contributed by atoms with Gasteiger partial charge in [0.1, 0.15) is 5.75 Å². The molecule has 1 nitrogen and oxygen atoms in total. The maximum atomic E-state index is 5.50. The minimum Gasteiger partial charge on any atom is -0.496 e. The van der Waals surface area contributed by atoms with Gasteiger partial charge in [-0.25, -0.2) is 0 Å². The molecule has 84 valence electrons. The highest BCUT2D eigenvalue weighted by Gasteiger charge is 2.06. The van der Waals surface area contributed by atoms with Gasteiger partial charge in [0.25, 0.3) is 0 Å². The van der Waals surface area contributed by atoms with Gasteiger partial charge < -0.3 is 4.74 Å². The molecule has 0 unspecified atom stereocenters. The highest BCUT2D eigenvalue weighted by Crippen LogP contribution is 2.25. The van der Waals surface area contributed by atoms with Crippen LogP contribution in [-0.2, 0) is 12.8 Å². The predicted octanol–water partition coefficient (Wildman–Crippen LogP) is 3.99. The molecule has 1 aromatic carbocycles. The monoisotopic (exact) mass is 206 g/mol. The first-order valence-corrected chi connectivity index (χ1v) is 5.98. The summed E-state index contributed by atoms with van der Waals surface area (Å²) in [4.78, 5) is 0. The molecule has 1 aromatic rings. The summed E-state index contributed by atoms with van der Waals surface area (Å²) in [6.07, 6.45) is 6.03. The molecule has 0 saturated carbocycles. The van der Waals surface area contributed by atoms with E-state index in [1.54, 1.807) is 7.11 Å². The van der Waals surface area contributed by atoms with E-state index in [9.17, 15) is 0 Å². The number of hydrogen-bond donors (Lipinski definition) is 0.